The largest absolute Gasteiger partial charge is 0.468 e. The van der Waals surface area contributed by atoms with Gasteiger partial charge in [-0.2, -0.15) is 0 Å². The third-order valence-corrected chi connectivity index (χ3v) is 4.72. The molecule has 1 aromatic heterocycles. The van der Waals surface area contributed by atoms with Crippen LogP contribution in [0.4, 0.5) is 0 Å². The lowest BCUT2D eigenvalue weighted by atomic mass is 9.69. The van der Waals surface area contributed by atoms with E-state index in [0.29, 0.717) is 29.9 Å². The van der Waals surface area contributed by atoms with Gasteiger partial charge in [0.15, 0.2) is 5.78 Å². The van der Waals surface area contributed by atoms with E-state index in [1.165, 1.54) is 0 Å². The van der Waals surface area contributed by atoms with Gasteiger partial charge in [-0.05, 0) is 37.3 Å². The van der Waals surface area contributed by atoms with Crippen LogP contribution < -0.4 is 5.32 Å². The summed E-state index contributed by atoms with van der Waals surface area (Å²) in [5.74, 6) is -0.227. The predicted octanol–water partition coefficient (Wildman–Crippen LogP) is 3.84. The summed E-state index contributed by atoms with van der Waals surface area (Å²) in [5, 5.41) is 3.30. The first-order valence-corrected chi connectivity index (χ1v) is 8.78. The average molecular weight is 343 g/mol. The molecule has 0 bridgehead atoms. The molecular formula is C20H25NO4. The van der Waals surface area contributed by atoms with Crippen molar-refractivity contribution in [2.24, 2.45) is 5.41 Å². The van der Waals surface area contributed by atoms with Crippen LogP contribution in [0.2, 0.25) is 0 Å². The zero-order valence-corrected chi connectivity index (χ0v) is 15.3. The van der Waals surface area contributed by atoms with E-state index in [-0.39, 0.29) is 11.2 Å². The first-order chi connectivity index (χ1) is 11.8. The van der Waals surface area contributed by atoms with Crippen LogP contribution in [0.15, 0.2) is 45.4 Å². The number of esters is 1. The number of rotatable bonds is 4. The molecule has 3 rings (SSSR count). The van der Waals surface area contributed by atoms with Gasteiger partial charge in [0.1, 0.15) is 5.76 Å². The Morgan fingerprint density at radius 3 is 2.80 bits per heavy atom. The number of furan rings is 1. The Labute approximate surface area is 148 Å². The number of carbonyl (C=O) groups excluding carboxylic acids is 2. The van der Waals surface area contributed by atoms with E-state index in [9.17, 15) is 9.59 Å². The Hall–Kier alpha value is -2.30. The molecule has 1 N–H and O–H groups in total. The van der Waals surface area contributed by atoms with Crippen molar-refractivity contribution in [1.82, 2.24) is 5.32 Å². The van der Waals surface area contributed by atoms with Crippen molar-refractivity contribution in [3.63, 3.8) is 0 Å². The maximum absolute atomic E-state index is 12.9. The Morgan fingerprint density at radius 2 is 2.16 bits per heavy atom. The van der Waals surface area contributed by atoms with Gasteiger partial charge in [-0.1, -0.05) is 20.8 Å². The molecule has 5 nitrogen and oxygen atoms in total. The molecule has 2 aliphatic rings. The fourth-order valence-corrected chi connectivity index (χ4v) is 3.72. The smallest absolute Gasteiger partial charge is 0.336 e. The average Bonchev–Trinajstić information content (AvgIpc) is 3.04. The lowest BCUT2D eigenvalue weighted by Crippen LogP contribution is -2.38. The molecule has 0 amide bonds. The van der Waals surface area contributed by atoms with Crippen LogP contribution >= 0.6 is 0 Å². The highest BCUT2D eigenvalue weighted by molar-refractivity contribution is 6.03. The number of carbonyl (C=O) groups is 2. The second-order valence-corrected chi connectivity index (χ2v) is 7.58. The van der Waals surface area contributed by atoms with Crippen molar-refractivity contribution in [3.8, 4) is 0 Å². The van der Waals surface area contributed by atoms with E-state index >= 15 is 0 Å². The molecule has 0 saturated heterocycles. The van der Waals surface area contributed by atoms with Crippen molar-refractivity contribution in [3.05, 3.63) is 46.7 Å². The van der Waals surface area contributed by atoms with Crippen molar-refractivity contribution in [2.75, 3.05) is 6.61 Å². The monoisotopic (exact) mass is 343 g/mol. The lowest BCUT2D eigenvalue weighted by molar-refractivity contribution is -0.139. The van der Waals surface area contributed by atoms with Crippen LogP contribution in [0.1, 0.15) is 58.6 Å². The maximum atomic E-state index is 12.9. The summed E-state index contributed by atoms with van der Waals surface area (Å²) in [6.45, 7) is 8.33. The van der Waals surface area contributed by atoms with E-state index in [1.54, 1.807) is 12.3 Å². The molecule has 0 unspecified atom stereocenters. The number of ether oxygens (including phenoxy) is 1. The van der Waals surface area contributed by atoms with Gasteiger partial charge < -0.3 is 14.5 Å². The number of dihydropyridines is 1. The Balaban J connectivity index is 2.08. The zero-order chi connectivity index (χ0) is 18.2. The molecule has 134 valence electrons. The lowest BCUT2D eigenvalue weighted by Gasteiger charge is -2.38. The molecule has 5 heteroatoms. The molecule has 0 radical (unpaired) electrons. The maximum Gasteiger partial charge on any atom is 0.336 e. The van der Waals surface area contributed by atoms with Gasteiger partial charge in [0.05, 0.1) is 24.4 Å². The van der Waals surface area contributed by atoms with Gasteiger partial charge in [0.2, 0.25) is 0 Å². The Morgan fingerprint density at radius 1 is 1.40 bits per heavy atom. The Bertz CT molecular complexity index is 753. The van der Waals surface area contributed by atoms with Gasteiger partial charge >= 0.3 is 5.97 Å². The highest BCUT2D eigenvalue weighted by atomic mass is 16.5. The van der Waals surface area contributed by atoms with Gasteiger partial charge in [-0.25, -0.2) is 4.79 Å². The number of Topliss-reactive ketones (excluding diaryl/α,β-unsaturated/α-hetero) is 1. The molecular weight excluding hydrogens is 318 g/mol. The molecule has 0 fully saturated rings. The quantitative estimate of drug-likeness (QED) is 0.841. The molecule has 2 heterocycles. The predicted molar refractivity (Wildman–Crippen MR) is 93.6 cm³/mol. The van der Waals surface area contributed by atoms with Gasteiger partial charge in [0.25, 0.3) is 0 Å². The molecule has 1 aliphatic heterocycles. The summed E-state index contributed by atoms with van der Waals surface area (Å²) in [4.78, 5) is 25.6. The highest BCUT2D eigenvalue weighted by Crippen LogP contribution is 2.46. The fraction of sp³-hybridized carbons (Fsp3) is 0.500. The summed E-state index contributed by atoms with van der Waals surface area (Å²) in [6.07, 6.45) is 3.54. The standard InChI is InChI=1S/C20H25NO4/c1-5-8-25-19(23)16-12(2)21-13-10-20(3,4)11-14(22)17(13)18(16)15-7-6-9-24-15/h6-7,9,18,21H,5,8,10-11H2,1-4H3/t18-/m1/s1. The minimum Gasteiger partial charge on any atom is -0.468 e. The van der Waals surface area contributed by atoms with E-state index in [4.69, 9.17) is 9.15 Å². The van der Waals surface area contributed by atoms with E-state index in [1.807, 2.05) is 19.9 Å². The summed E-state index contributed by atoms with van der Waals surface area (Å²) in [7, 11) is 0. The topological polar surface area (TPSA) is 68.5 Å². The van der Waals surface area contributed by atoms with Gasteiger partial charge in [-0.3, -0.25) is 4.79 Å². The van der Waals surface area contributed by atoms with Crippen molar-refractivity contribution in [2.45, 2.75) is 52.9 Å². The third-order valence-electron chi connectivity index (χ3n) is 4.72. The van der Waals surface area contributed by atoms with Crippen LogP contribution in [0.3, 0.4) is 0 Å². The molecule has 1 aromatic rings. The second kappa shape index (κ2) is 6.54. The summed E-state index contributed by atoms with van der Waals surface area (Å²) in [5.41, 5.74) is 2.63. The highest BCUT2D eigenvalue weighted by Gasteiger charge is 2.44. The van der Waals surface area contributed by atoms with Crippen LogP contribution in [-0.2, 0) is 14.3 Å². The molecule has 0 aromatic carbocycles. The molecule has 25 heavy (non-hydrogen) atoms. The number of ketones is 1. The fourth-order valence-electron chi connectivity index (χ4n) is 3.72. The van der Waals surface area contributed by atoms with E-state index < -0.39 is 11.9 Å². The van der Waals surface area contributed by atoms with Crippen LogP contribution in [0.5, 0.6) is 0 Å². The van der Waals surface area contributed by atoms with Gasteiger partial charge in [-0.15, -0.1) is 0 Å². The van der Waals surface area contributed by atoms with Crippen molar-refractivity contribution < 1.29 is 18.7 Å². The van der Waals surface area contributed by atoms with E-state index in [0.717, 1.165) is 24.2 Å². The SMILES string of the molecule is CCCOC(=O)C1=C(C)NC2=C(C(=O)CC(C)(C)C2)[C@@H]1c1ccco1. The number of hydrogen-bond acceptors (Lipinski definition) is 5. The minimum atomic E-state index is -0.501. The van der Waals surface area contributed by atoms with Crippen molar-refractivity contribution in [1.29, 1.82) is 0 Å². The minimum absolute atomic E-state index is 0.0634. The van der Waals surface area contributed by atoms with Crippen LogP contribution in [-0.4, -0.2) is 18.4 Å². The summed E-state index contributed by atoms with van der Waals surface area (Å²) < 4.78 is 11.0. The number of hydrogen-bond donors (Lipinski definition) is 1. The summed E-state index contributed by atoms with van der Waals surface area (Å²) >= 11 is 0. The first-order valence-electron chi connectivity index (χ1n) is 8.78. The zero-order valence-electron chi connectivity index (χ0n) is 15.3. The Kier molecular flexibility index (Phi) is 4.58. The third kappa shape index (κ3) is 3.28. The number of nitrogens with one attached hydrogen (secondary N) is 1. The molecule has 1 aliphatic carbocycles. The normalized spacial score (nSPS) is 22.6. The number of allylic oxidation sites excluding steroid dienone is 3. The van der Waals surface area contributed by atoms with Gasteiger partial charge in [0, 0.05) is 23.4 Å². The second-order valence-electron chi connectivity index (χ2n) is 7.58. The van der Waals surface area contributed by atoms with Crippen LogP contribution in [0.25, 0.3) is 0 Å². The van der Waals surface area contributed by atoms with E-state index in [2.05, 4.69) is 19.2 Å². The molecule has 1 atom stereocenters. The molecule has 0 spiro atoms. The van der Waals surface area contributed by atoms with Crippen LogP contribution in [0, 0.1) is 5.41 Å². The molecule has 0 saturated carbocycles. The first kappa shape index (κ1) is 17.5. The van der Waals surface area contributed by atoms with Crippen molar-refractivity contribution >= 4 is 11.8 Å². The summed E-state index contributed by atoms with van der Waals surface area (Å²) in [6, 6.07) is 3.59.